The molecule has 0 aromatic carbocycles. The van der Waals surface area contributed by atoms with Gasteiger partial charge in [-0.1, -0.05) is 6.92 Å². The van der Waals surface area contributed by atoms with Gasteiger partial charge < -0.3 is 5.73 Å². The molecule has 0 unspecified atom stereocenters. The number of nitrogens with zero attached hydrogens (tertiary/aromatic N) is 1. The zero-order chi connectivity index (χ0) is 6.69. The highest BCUT2D eigenvalue weighted by Gasteiger charge is 1.94. The lowest BCUT2D eigenvalue weighted by Gasteiger charge is -1.84. The van der Waals surface area contributed by atoms with Gasteiger partial charge in [0.2, 0.25) is 0 Å². The van der Waals surface area contributed by atoms with E-state index in [0.29, 0.717) is 0 Å². The summed E-state index contributed by atoms with van der Waals surface area (Å²) < 4.78 is 0. The highest BCUT2D eigenvalue weighted by atomic mass is 32.1. The SMILES string of the molecule is CCCc1ncc(N)s1. The van der Waals surface area contributed by atoms with Crippen molar-refractivity contribution in [1.29, 1.82) is 0 Å². The molecule has 1 heterocycles. The van der Waals surface area contributed by atoms with Crippen LogP contribution in [0.3, 0.4) is 0 Å². The lowest BCUT2D eigenvalue weighted by molar-refractivity contribution is 0.909. The molecule has 0 spiro atoms. The Morgan fingerprint density at radius 2 is 2.56 bits per heavy atom. The molecule has 50 valence electrons. The Kier molecular flexibility index (Phi) is 2.05. The maximum absolute atomic E-state index is 5.46. The normalized spacial score (nSPS) is 9.89. The van der Waals surface area contributed by atoms with Crippen LogP contribution in [0, 0.1) is 0 Å². The molecule has 0 bridgehead atoms. The fourth-order valence-electron chi connectivity index (χ4n) is 0.654. The van der Waals surface area contributed by atoms with Crippen LogP contribution in [0.25, 0.3) is 0 Å². The summed E-state index contributed by atoms with van der Waals surface area (Å²) in [6.07, 6.45) is 3.92. The summed E-state index contributed by atoms with van der Waals surface area (Å²) in [4.78, 5) is 4.10. The first kappa shape index (κ1) is 6.55. The molecule has 2 nitrogen and oxygen atoms in total. The fourth-order valence-corrected chi connectivity index (χ4v) is 1.44. The smallest absolute Gasteiger partial charge is 0.106 e. The number of hydrogen-bond acceptors (Lipinski definition) is 3. The minimum atomic E-state index is 0.818. The summed E-state index contributed by atoms with van der Waals surface area (Å²) >= 11 is 1.58. The van der Waals surface area contributed by atoms with Gasteiger partial charge in [0, 0.05) is 0 Å². The molecule has 3 heteroatoms. The molecule has 1 aromatic rings. The summed E-state index contributed by atoms with van der Waals surface area (Å²) in [6, 6.07) is 0. The number of anilines is 1. The highest BCUT2D eigenvalue weighted by molar-refractivity contribution is 7.15. The molecular formula is C6H10N2S. The lowest BCUT2D eigenvalue weighted by Crippen LogP contribution is -1.76. The van der Waals surface area contributed by atoms with E-state index in [1.165, 1.54) is 0 Å². The molecule has 9 heavy (non-hydrogen) atoms. The van der Waals surface area contributed by atoms with Crippen molar-refractivity contribution < 1.29 is 0 Å². The molecule has 0 atom stereocenters. The molecule has 1 rings (SSSR count). The first-order valence-corrected chi connectivity index (χ1v) is 3.84. The first-order chi connectivity index (χ1) is 4.33. The molecule has 0 aliphatic carbocycles. The van der Waals surface area contributed by atoms with Gasteiger partial charge in [0.05, 0.1) is 11.2 Å². The number of hydrogen-bond donors (Lipinski definition) is 1. The van der Waals surface area contributed by atoms with Gasteiger partial charge in [0.1, 0.15) is 5.00 Å². The molecule has 0 amide bonds. The molecule has 0 radical (unpaired) electrons. The monoisotopic (exact) mass is 142 g/mol. The zero-order valence-corrected chi connectivity index (χ0v) is 6.24. The first-order valence-electron chi connectivity index (χ1n) is 3.03. The van der Waals surface area contributed by atoms with Crippen LogP contribution >= 0.6 is 11.3 Å². The fraction of sp³-hybridized carbons (Fsp3) is 0.500. The van der Waals surface area contributed by atoms with E-state index < -0.39 is 0 Å². The second kappa shape index (κ2) is 2.82. The van der Waals surface area contributed by atoms with Crippen LogP contribution in [0.2, 0.25) is 0 Å². The molecule has 2 N–H and O–H groups in total. The van der Waals surface area contributed by atoms with Crippen molar-refractivity contribution in [1.82, 2.24) is 4.98 Å². The largest absolute Gasteiger partial charge is 0.389 e. The maximum atomic E-state index is 5.46. The van der Waals surface area contributed by atoms with Crippen LogP contribution in [0.5, 0.6) is 0 Å². The van der Waals surface area contributed by atoms with Crippen molar-refractivity contribution >= 4 is 16.3 Å². The van der Waals surface area contributed by atoms with Gasteiger partial charge in [0.25, 0.3) is 0 Å². The number of aryl methyl sites for hydroxylation is 1. The summed E-state index contributed by atoms with van der Waals surface area (Å²) in [5.41, 5.74) is 5.46. The second-order valence-corrected chi connectivity index (χ2v) is 3.05. The van der Waals surface area contributed by atoms with Gasteiger partial charge >= 0.3 is 0 Å². The maximum Gasteiger partial charge on any atom is 0.106 e. The quantitative estimate of drug-likeness (QED) is 0.682. The predicted octanol–water partition coefficient (Wildman–Crippen LogP) is 1.68. The lowest BCUT2D eigenvalue weighted by atomic mass is 10.4. The Morgan fingerprint density at radius 1 is 1.78 bits per heavy atom. The van der Waals surface area contributed by atoms with Crippen LogP contribution in [0.1, 0.15) is 18.4 Å². The van der Waals surface area contributed by atoms with Crippen LogP contribution < -0.4 is 5.73 Å². The van der Waals surface area contributed by atoms with E-state index in [2.05, 4.69) is 11.9 Å². The van der Waals surface area contributed by atoms with Gasteiger partial charge in [-0.3, -0.25) is 0 Å². The summed E-state index contributed by atoms with van der Waals surface area (Å²) in [6.45, 7) is 2.14. The Labute approximate surface area is 58.7 Å². The Bertz CT molecular complexity index is 183. The van der Waals surface area contributed by atoms with Crippen molar-refractivity contribution in [2.75, 3.05) is 5.73 Å². The average Bonchev–Trinajstić information content (AvgIpc) is 2.17. The van der Waals surface area contributed by atoms with E-state index in [9.17, 15) is 0 Å². The third-order valence-electron chi connectivity index (χ3n) is 1.04. The number of thiazole rings is 1. The van der Waals surface area contributed by atoms with Gasteiger partial charge in [-0.15, -0.1) is 11.3 Å². The van der Waals surface area contributed by atoms with E-state index in [1.807, 2.05) is 0 Å². The average molecular weight is 142 g/mol. The van der Waals surface area contributed by atoms with E-state index in [1.54, 1.807) is 17.5 Å². The number of nitrogens with two attached hydrogens (primary N) is 1. The van der Waals surface area contributed by atoms with Crippen molar-refractivity contribution in [3.63, 3.8) is 0 Å². The Hall–Kier alpha value is -0.570. The van der Waals surface area contributed by atoms with E-state index >= 15 is 0 Å². The Morgan fingerprint density at radius 3 is 3.00 bits per heavy atom. The highest BCUT2D eigenvalue weighted by Crippen LogP contribution is 2.15. The predicted molar refractivity (Wildman–Crippen MR) is 40.5 cm³/mol. The molecule has 0 saturated heterocycles. The van der Waals surface area contributed by atoms with Crippen LogP contribution in [-0.4, -0.2) is 4.98 Å². The zero-order valence-electron chi connectivity index (χ0n) is 5.42. The van der Waals surface area contributed by atoms with Crippen molar-refractivity contribution in [3.8, 4) is 0 Å². The van der Waals surface area contributed by atoms with Gasteiger partial charge in [-0.05, 0) is 12.8 Å². The van der Waals surface area contributed by atoms with E-state index in [0.717, 1.165) is 22.9 Å². The topological polar surface area (TPSA) is 38.9 Å². The summed E-state index contributed by atoms with van der Waals surface area (Å²) in [7, 11) is 0. The van der Waals surface area contributed by atoms with E-state index in [4.69, 9.17) is 5.73 Å². The molecular weight excluding hydrogens is 132 g/mol. The Balaban J connectivity index is 2.61. The third kappa shape index (κ3) is 1.68. The molecule has 1 aromatic heterocycles. The van der Waals surface area contributed by atoms with E-state index in [-0.39, 0.29) is 0 Å². The van der Waals surface area contributed by atoms with Crippen LogP contribution in [-0.2, 0) is 6.42 Å². The number of rotatable bonds is 2. The standard InChI is InChI=1S/C6H10N2S/c1-2-3-6-8-4-5(7)9-6/h4H,2-3,7H2,1H3. The minimum absolute atomic E-state index is 0.818. The number of nitrogen functional groups attached to an aromatic ring is 1. The van der Waals surface area contributed by atoms with Crippen LogP contribution in [0.4, 0.5) is 5.00 Å². The van der Waals surface area contributed by atoms with Crippen LogP contribution in [0.15, 0.2) is 6.20 Å². The second-order valence-electron chi connectivity index (χ2n) is 1.91. The summed E-state index contributed by atoms with van der Waals surface area (Å²) in [5.74, 6) is 0. The van der Waals surface area contributed by atoms with Crippen molar-refractivity contribution in [3.05, 3.63) is 11.2 Å². The summed E-state index contributed by atoms with van der Waals surface area (Å²) in [5, 5.41) is 1.97. The van der Waals surface area contributed by atoms with Gasteiger partial charge in [0.15, 0.2) is 0 Å². The van der Waals surface area contributed by atoms with Gasteiger partial charge in [-0.2, -0.15) is 0 Å². The van der Waals surface area contributed by atoms with Crippen molar-refractivity contribution in [2.24, 2.45) is 0 Å². The molecule has 0 aliphatic heterocycles. The molecule has 0 aliphatic rings. The third-order valence-corrected chi connectivity index (χ3v) is 1.92. The molecule has 0 saturated carbocycles. The minimum Gasteiger partial charge on any atom is -0.389 e. The molecule has 0 fully saturated rings. The number of aromatic nitrogens is 1. The van der Waals surface area contributed by atoms with Crippen molar-refractivity contribution in [2.45, 2.75) is 19.8 Å². The van der Waals surface area contributed by atoms with Gasteiger partial charge in [-0.25, -0.2) is 4.98 Å².